The Labute approximate surface area is 179 Å². The van der Waals surface area contributed by atoms with Crippen LogP contribution >= 0.6 is 0 Å². The van der Waals surface area contributed by atoms with Crippen LogP contribution in [0, 0.1) is 6.92 Å². The van der Waals surface area contributed by atoms with Crippen LogP contribution in [0.15, 0.2) is 36.5 Å². The molecule has 0 N–H and O–H groups in total. The van der Waals surface area contributed by atoms with Crippen LogP contribution in [0.3, 0.4) is 0 Å². The van der Waals surface area contributed by atoms with Crippen LogP contribution in [0.5, 0.6) is 5.75 Å². The van der Waals surface area contributed by atoms with E-state index in [-0.39, 0.29) is 24.6 Å². The van der Waals surface area contributed by atoms with Crippen molar-refractivity contribution in [2.45, 2.75) is 6.92 Å². The van der Waals surface area contributed by atoms with Gasteiger partial charge in [-0.15, -0.1) is 0 Å². The van der Waals surface area contributed by atoms with Crippen molar-refractivity contribution in [1.29, 1.82) is 0 Å². The van der Waals surface area contributed by atoms with Gasteiger partial charge < -0.3 is 14.5 Å². The van der Waals surface area contributed by atoms with Crippen LogP contribution in [0.25, 0.3) is 11.0 Å². The lowest BCUT2D eigenvalue weighted by Gasteiger charge is -2.34. The zero-order valence-corrected chi connectivity index (χ0v) is 17.7. The molecule has 1 saturated heterocycles. The third kappa shape index (κ3) is 3.63. The lowest BCUT2D eigenvalue weighted by molar-refractivity contribution is -0.127. The van der Waals surface area contributed by atoms with Gasteiger partial charge in [0, 0.05) is 45.0 Å². The smallest absolute Gasteiger partial charge is 0.295 e. The van der Waals surface area contributed by atoms with Gasteiger partial charge in [-0.1, -0.05) is 18.2 Å². The molecule has 1 aliphatic rings. The molecule has 9 heteroatoms. The van der Waals surface area contributed by atoms with Crippen molar-refractivity contribution >= 4 is 28.6 Å². The minimum Gasteiger partial charge on any atom is -0.495 e. The van der Waals surface area contributed by atoms with Crippen molar-refractivity contribution in [3.63, 3.8) is 0 Å². The summed E-state index contributed by atoms with van der Waals surface area (Å²) in [7, 11) is 3.21. The maximum absolute atomic E-state index is 13.0. The Morgan fingerprint density at radius 3 is 2.29 bits per heavy atom. The van der Waals surface area contributed by atoms with E-state index in [1.54, 1.807) is 35.7 Å². The topological polar surface area (TPSA) is 97.6 Å². The van der Waals surface area contributed by atoms with Gasteiger partial charge in [0.2, 0.25) is 0 Å². The van der Waals surface area contributed by atoms with E-state index >= 15 is 0 Å². The predicted molar refractivity (Wildman–Crippen MR) is 113 cm³/mol. The largest absolute Gasteiger partial charge is 0.495 e. The molecule has 0 saturated carbocycles. The number of aryl methyl sites for hydroxylation is 2. The van der Waals surface area contributed by atoms with Gasteiger partial charge in [-0.05, 0) is 19.1 Å². The van der Waals surface area contributed by atoms with Crippen LogP contribution in [-0.4, -0.2) is 75.5 Å². The van der Waals surface area contributed by atoms with E-state index in [9.17, 15) is 14.4 Å². The number of ketones is 1. The Hall–Kier alpha value is -3.75. The third-order valence-electron chi connectivity index (χ3n) is 5.50. The van der Waals surface area contributed by atoms with Crippen LogP contribution in [0.1, 0.15) is 26.4 Å². The highest BCUT2D eigenvalue weighted by atomic mass is 16.5. The number of amides is 2. The minimum atomic E-state index is -0.683. The number of pyridine rings is 1. The number of carbonyl (C=O) groups excluding carboxylic acids is 3. The molecule has 1 aliphatic heterocycles. The molecule has 4 rings (SSSR count). The number of nitrogens with zero attached hydrogens (tertiary/aromatic N) is 5. The van der Waals surface area contributed by atoms with Crippen LogP contribution in [0.2, 0.25) is 0 Å². The number of aromatic nitrogens is 3. The summed E-state index contributed by atoms with van der Waals surface area (Å²) in [4.78, 5) is 46.0. The Bertz CT molecular complexity index is 1160. The van der Waals surface area contributed by atoms with Crippen LogP contribution in [-0.2, 0) is 11.8 Å². The van der Waals surface area contributed by atoms with Gasteiger partial charge in [-0.3, -0.25) is 19.1 Å². The summed E-state index contributed by atoms with van der Waals surface area (Å²) >= 11 is 0. The number of Topliss-reactive ketones (excluding diaryl/α,β-unsaturated/α-hetero) is 1. The number of hydrogen-bond acceptors (Lipinski definition) is 6. The first-order valence-electron chi connectivity index (χ1n) is 9.96. The molecule has 3 heterocycles. The van der Waals surface area contributed by atoms with E-state index in [0.29, 0.717) is 41.1 Å². The van der Waals surface area contributed by atoms with E-state index < -0.39 is 11.7 Å². The average molecular weight is 421 g/mol. The van der Waals surface area contributed by atoms with E-state index in [1.807, 2.05) is 18.2 Å². The number of benzene rings is 1. The summed E-state index contributed by atoms with van der Waals surface area (Å²) in [6.45, 7) is 3.09. The fourth-order valence-corrected chi connectivity index (χ4v) is 3.89. The molecule has 2 aromatic heterocycles. The molecule has 1 aromatic carbocycles. The van der Waals surface area contributed by atoms with Gasteiger partial charge >= 0.3 is 0 Å². The quantitative estimate of drug-likeness (QED) is 0.467. The van der Waals surface area contributed by atoms with Crippen molar-refractivity contribution in [2.24, 2.45) is 7.05 Å². The molecular formula is C22H23N5O4. The van der Waals surface area contributed by atoms with Crippen LogP contribution < -0.4 is 4.74 Å². The molecule has 0 bridgehead atoms. The van der Waals surface area contributed by atoms with Gasteiger partial charge in [0.1, 0.15) is 5.75 Å². The first kappa shape index (κ1) is 20.5. The van der Waals surface area contributed by atoms with Gasteiger partial charge in [0.15, 0.2) is 5.65 Å². The molecule has 3 aromatic rings. The zero-order chi connectivity index (χ0) is 22.1. The Morgan fingerprint density at radius 1 is 1.00 bits per heavy atom. The van der Waals surface area contributed by atoms with Gasteiger partial charge in [0.05, 0.1) is 23.8 Å². The number of fused-ring (bicyclic) bond motifs is 1. The van der Waals surface area contributed by atoms with E-state index in [0.717, 1.165) is 0 Å². The number of carbonyl (C=O) groups is 3. The second kappa shape index (κ2) is 8.17. The van der Waals surface area contributed by atoms with Crippen molar-refractivity contribution in [1.82, 2.24) is 24.6 Å². The molecule has 0 radical (unpaired) electrons. The monoisotopic (exact) mass is 421 g/mol. The molecule has 160 valence electrons. The summed E-state index contributed by atoms with van der Waals surface area (Å²) in [5, 5.41) is 4.93. The minimum absolute atomic E-state index is 0.0811. The second-order valence-corrected chi connectivity index (χ2v) is 7.39. The molecule has 0 spiro atoms. The fraction of sp³-hybridized carbons (Fsp3) is 0.318. The first-order chi connectivity index (χ1) is 14.9. The van der Waals surface area contributed by atoms with Crippen molar-refractivity contribution in [2.75, 3.05) is 33.3 Å². The Kier molecular flexibility index (Phi) is 5.41. The normalized spacial score (nSPS) is 14.0. The molecule has 0 atom stereocenters. The average Bonchev–Trinajstić information content (AvgIpc) is 3.11. The maximum Gasteiger partial charge on any atom is 0.295 e. The van der Waals surface area contributed by atoms with Gasteiger partial charge in [0.25, 0.3) is 17.6 Å². The zero-order valence-electron chi connectivity index (χ0n) is 17.7. The standard InChI is InChI=1S/C22H23N5O4/c1-14-17-19(31-3)16(13-23-20(17)25(2)24-14)18(28)22(30)27-11-9-26(10-12-27)21(29)15-7-5-4-6-8-15/h4-8,13H,9-12H2,1-3H3. The number of rotatable bonds is 4. The summed E-state index contributed by atoms with van der Waals surface area (Å²) in [6.07, 6.45) is 1.36. The van der Waals surface area contributed by atoms with Crippen LogP contribution in [0.4, 0.5) is 0 Å². The highest BCUT2D eigenvalue weighted by molar-refractivity contribution is 6.43. The lowest BCUT2D eigenvalue weighted by Crippen LogP contribution is -2.52. The fourth-order valence-electron chi connectivity index (χ4n) is 3.89. The first-order valence-corrected chi connectivity index (χ1v) is 9.96. The van der Waals surface area contributed by atoms with E-state index in [4.69, 9.17) is 4.74 Å². The van der Waals surface area contributed by atoms with E-state index in [1.165, 1.54) is 18.2 Å². The van der Waals surface area contributed by atoms with Crippen molar-refractivity contribution < 1.29 is 19.1 Å². The lowest BCUT2D eigenvalue weighted by atomic mass is 10.1. The molecule has 2 amide bonds. The number of hydrogen-bond donors (Lipinski definition) is 0. The SMILES string of the molecule is COc1c(C(=O)C(=O)N2CCN(C(=O)c3ccccc3)CC2)cnc2c1c(C)nn2C. The summed E-state index contributed by atoms with van der Waals surface area (Å²) in [6, 6.07) is 9.01. The number of methoxy groups -OCH3 is 1. The molecule has 0 aliphatic carbocycles. The molecule has 1 fully saturated rings. The highest BCUT2D eigenvalue weighted by Crippen LogP contribution is 2.31. The summed E-state index contributed by atoms with van der Waals surface area (Å²) < 4.78 is 7.07. The molecule has 31 heavy (non-hydrogen) atoms. The second-order valence-electron chi connectivity index (χ2n) is 7.39. The highest BCUT2D eigenvalue weighted by Gasteiger charge is 2.31. The Balaban J connectivity index is 1.50. The van der Waals surface area contributed by atoms with Gasteiger partial charge in [-0.25, -0.2) is 4.98 Å². The number of piperazine rings is 1. The summed E-state index contributed by atoms with van der Waals surface area (Å²) in [5.74, 6) is -1.10. The molecular weight excluding hydrogens is 398 g/mol. The Morgan fingerprint density at radius 2 is 1.65 bits per heavy atom. The molecule has 9 nitrogen and oxygen atoms in total. The van der Waals surface area contributed by atoms with Crippen molar-refractivity contribution in [3.8, 4) is 5.75 Å². The molecule has 0 unspecified atom stereocenters. The predicted octanol–water partition coefficient (Wildman–Crippen LogP) is 1.45. The maximum atomic E-state index is 13.0. The number of ether oxygens (including phenoxy) is 1. The van der Waals surface area contributed by atoms with E-state index in [2.05, 4.69) is 10.1 Å². The van der Waals surface area contributed by atoms with Gasteiger partial charge in [-0.2, -0.15) is 5.10 Å². The summed E-state index contributed by atoms with van der Waals surface area (Å²) in [5.41, 5.74) is 1.96. The van der Waals surface area contributed by atoms with Crippen molar-refractivity contribution in [3.05, 3.63) is 53.3 Å². The third-order valence-corrected chi connectivity index (χ3v) is 5.50.